The number of ether oxygens (including phenoxy) is 1. The van der Waals surface area contributed by atoms with Crippen LogP contribution in [0.15, 0.2) is 36.4 Å². The Balaban J connectivity index is 2.51. The van der Waals surface area contributed by atoms with Gasteiger partial charge in [-0.1, -0.05) is 36.7 Å². The Bertz CT molecular complexity index is 352. The second-order valence-electron chi connectivity index (χ2n) is 3.72. The highest BCUT2D eigenvalue weighted by atomic mass is 35.5. The first-order valence-corrected chi connectivity index (χ1v) is 5.78. The molecule has 0 aliphatic heterocycles. The maximum atomic E-state index is 5.87. The lowest BCUT2D eigenvalue weighted by atomic mass is 10.1. The van der Waals surface area contributed by atoms with Gasteiger partial charge in [-0.15, -0.1) is 0 Å². The molecule has 0 aliphatic carbocycles. The van der Waals surface area contributed by atoms with Gasteiger partial charge in [0.05, 0.1) is 6.04 Å². The summed E-state index contributed by atoms with van der Waals surface area (Å²) in [6.07, 6.45) is 0. The molecule has 0 radical (unpaired) electrons. The van der Waals surface area contributed by atoms with Gasteiger partial charge in [-0.25, -0.2) is 0 Å². The molecule has 0 saturated carbocycles. The Morgan fingerprint density at radius 3 is 2.88 bits per heavy atom. The molecule has 1 N–H and O–H groups in total. The number of hydrogen-bond donors (Lipinski definition) is 1. The fourth-order valence-electron chi connectivity index (χ4n) is 1.36. The van der Waals surface area contributed by atoms with E-state index < -0.39 is 0 Å². The molecule has 1 aromatic carbocycles. The summed E-state index contributed by atoms with van der Waals surface area (Å²) in [7, 11) is 0. The second-order valence-corrected chi connectivity index (χ2v) is 4.16. The van der Waals surface area contributed by atoms with E-state index in [2.05, 4.69) is 18.8 Å². The summed E-state index contributed by atoms with van der Waals surface area (Å²) >= 11 is 5.87. The third kappa shape index (κ3) is 4.25. The van der Waals surface area contributed by atoms with E-state index in [4.69, 9.17) is 16.3 Å². The van der Waals surface area contributed by atoms with Crippen LogP contribution in [0.1, 0.15) is 13.8 Å². The van der Waals surface area contributed by atoms with Crippen LogP contribution in [0.3, 0.4) is 0 Å². The Morgan fingerprint density at radius 2 is 2.31 bits per heavy atom. The molecule has 88 valence electrons. The monoisotopic (exact) mass is 239 g/mol. The average molecular weight is 240 g/mol. The standard InChI is InChI=1S/C13H18ClNO/c1-4-15-13(10(2)3)9-16-12-7-5-6-11(14)8-12/h5-8,13,15H,2,4,9H2,1,3H3. The first-order chi connectivity index (χ1) is 7.63. The first-order valence-electron chi connectivity index (χ1n) is 5.40. The normalized spacial score (nSPS) is 12.2. The predicted molar refractivity (Wildman–Crippen MR) is 69.2 cm³/mol. The zero-order chi connectivity index (χ0) is 12.0. The van der Waals surface area contributed by atoms with Gasteiger partial charge in [0.25, 0.3) is 0 Å². The van der Waals surface area contributed by atoms with Crippen molar-refractivity contribution >= 4 is 11.6 Å². The topological polar surface area (TPSA) is 21.3 Å². The SMILES string of the molecule is C=C(C)C(COc1cccc(Cl)c1)NCC. The van der Waals surface area contributed by atoms with E-state index in [9.17, 15) is 0 Å². The van der Waals surface area contributed by atoms with Crippen LogP contribution in [0.2, 0.25) is 5.02 Å². The molecule has 0 spiro atoms. The quantitative estimate of drug-likeness (QED) is 0.770. The number of halogens is 1. The van der Waals surface area contributed by atoms with Crippen molar-refractivity contribution in [2.24, 2.45) is 0 Å². The summed E-state index contributed by atoms with van der Waals surface area (Å²) < 4.78 is 5.66. The van der Waals surface area contributed by atoms with Crippen molar-refractivity contribution in [3.05, 3.63) is 41.4 Å². The van der Waals surface area contributed by atoms with Crippen LogP contribution in [-0.4, -0.2) is 19.2 Å². The van der Waals surface area contributed by atoms with E-state index in [1.54, 1.807) is 0 Å². The molecule has 0 aromatic heterocycles. The summed E-state index contributed by atoms with van der Waals surface area (Å²) in [6, 6.07) is 7.59. The molecule has 0 saturated heterocycles. The van der Waals surface area contributed by atoms with Crippen LogP contribution in [-0.2, 0) is 0 Å². The minimum atomic E-state index is 0.184. The fraction of sp³-hybridized carbons (Fsp3) is 0.385. The number of likely N-dealkylation sites (N-methyl/N-ethyl adjacent to an activating group) is 1. The van der Waals surface area contributed by atoms with E-state index in [1.807, 2.05) is 31.2 Å². The van der Waals surface area contributed by atoms with E-state index in [1.165, 1.54) is 0 Å². The highest BCUT2D eigenvalue weighted by molar-refractivity contribution is 6.30. The smallest absolute Gasteiger partial charge is 0.120 e. The van der Waals surface area contributed by atoms with Gasteiger partial charge < -0.3 is 10.1 Å². The zero-order valence-corrected chi connectivity index (χ0v) is 10.6. The molecule has 0 aliphatic rings. The molecule has 1 aromatic rings. The Kier molecular flexibility index (Phi) is 5.36. The highest BCUT2D eigenvalue weighted by Gasteiger charge is 2.08. The molecule has 1 atom stereocenters. The van der Waals surface area contributed by atoms with Crippen molar-refractivity contribution in [1.82, 2.24) is 5.32 Å². The van der Waals surface area contributed by atoms with Crippen molar-refractivity contribution < 1.29 is 4.74 Å². The van der Waals surface area contributed by atoms with Crippen LogP contribution in [0.4, 0.5) is 0 Å². The van der Waals surface area contributed by atoms with Crippen LogP contribution < -0.4 is 10.1 Å². The van der Waals surface area contributed by atoms with Crippen molar-refractivity contribution in [3.63, 3.8) is 0 Å². The molecule has 16 heavy (non-hydrogen) atoms. The zero-order valence-electron chi connectivity index (χ0n) is 9.79. The third-order valence-corrected chi connectivity index (χ3v) is 2.49. The molecule has 0 bridgehead atoms. The Labute approximate surface area is 102 Å². The summed E-state index contributed by atoms with van der Waals surface area (Å²) in [5.41, 5.74) is 1.07. The maximum Gasteiger partial charge on any atom is 0.120 e. The van der Waals surface area contributed by atoms with E-state index in [0.29, 0.717) is 11.6 Å². The van der Waals surface area contributed by atoms with Crippen LogP contribution >= 0.6 is 11.6 Å². The van der Waals surface area contributed by atoms with Crippen molar-refractivity contribution in [1.29, 1.82) is 0 Å². The molecular weight excluding hydrogens is 222 g/mol. The van der Waals surface area contributed by atoms with Crippen molar-refractivity contribution in [2.75, 3.05) is 13.2 Å². The van der Waals surface area contributed by atoms with Gasteiger partial charge in [0.15, 0.2) is 0 Å². The third-order valence-electron chi connectivity index (χ3n) is 2.26. The number of hydrogen-bond acceptors (Lipinski definition) is 2. The molecule has 1 unspecified atom stereocenters. The van der Waals surface area contributed by atoms with Gasteiger partial charge in [0, 0.05) is 5.02 Å². The molecule has 0 amide bonds. The Hall–Kier alpha value is -0.990. The molecule has 0 fully saturated rings. The molecule has 3 heteroatoms. The second kappa shape index (κ2) is 6.56. The minimum Gasteiger partial charge on any atom is -0.492 e. The fourth-order valence-corrected chi connectivity index (χ4v) is 1.54. The highest BCUT2D eigenvalue weighted by Crippen LogP contribution is 2.17. The van der Waals surface area contributed by atoms with Gasteiger partial charge in [-0.2, -0.15) is 0 Å². The van der Waals surface area contributed by atoms with Crippen LogP contribution in [0.25, 0.3) is 0 Å². The van der Waals surface area contributed by atoms with E-state index in [-0.39, 0.29) is 6.04 Å². The predicted octanol–water partition coefficient (Wildman–Crippen LogP) is 3.27. The number of rotatable bonds is 6. The summed E-state index contributed by atoms with van der Waals surface area (Å²) in [6.45, 7) is 9.47. The molecule has 1 rings (SSSR count). The Morgan fingerprint density at radius 1 is 1.56 bits per heavy atom. The lowest BCUT2D eigenvalue weighted by Crippen LogP contribution is -2.35. The number of benzene rings is 1. The summed E-state index contributed by atoms with van der Waals surface area (Å²) in [5.74, 6) is 0.789. The van der Waals surface area contributed by atoms with Crippen LogP contribution in [0, 0.1) is 0 Å². The van der Waals surface area contributed by atoms with Crippen LogP contribution in [0.5, 0.6) is 5.75 Å². The van der Waals surface area contributed by atoms with E-state index >= 15 is 0 Å². The average Bonchev–Trinajstić information content (AvgIpc) is 2.24. The van der Waals surface area contributed by atoms with Gasteiger partial charge in [-0.05, 0) is 31.7 Å². The largest absolute Gasteiger partial charge is 0.492 e. The van der Waals surface area contributed by atoms with Gasteiger partial charge in [0.1, 0.15) is 12.4 Å². The molecular formula is C13H18ClNO. The molecule has 0 heterocycles. The first kappa shape index (κ1) is 13.1. The minimum absolute atomic E-state index is 0.184. The van der Waals surface area contributed by atoms with Crippen molar-refractivity contribution in [3.8, 4) is 5.75 Å². The lowest BCUT2D eigenvalue weighted by Gasteiger charge is -2.18. The maximum absolute atomic E-state index is 5.87. The van der Waals surface area contributed by atoms with Crippen molar-refractivity contribution in [2.45, 2.75) is 19.9 Å². The van der Waals surface area contributed by atoms with Gasteiger partial charge in [0.2, 0.25) is 0 Å². The van der Waals surface area contributed by atoms with Gasteiger partial charge in [-0.3, -0.25) is 0 Å². The number of nitrogens with one attached hydrogen (secondary N) is 1. The van der Waals surface area contributed by atoms with Gasteiger partial charge >= 0.3 is 0 Å². The lowest BCUT2D eigenvalue weighted by molar-refractivity contribution is 0.283. The van der Waals surface area contributed by atoms with E-state index in [0.717, 1.165) is 17.9 Å². The molecule has 2 nitrogen and oxygen atoms in total. The summed E-state index contributed by atoms with van der Waals surface area (Å²) in [5, 5.41) is 4.00. The summed E-state index contributed by atoms with van der Waals surface area (Å²) in [4.78, 5) is 0.